The predicted octanol–water partition coefficient (Wildman–Crippen LogP) is 2.57. The Labute approximate surface area is 130 Å². The fourth-order valence-corrected chi connectivity index (χ4v) is 1.88. The third kappa shape index (κ3) is 5.44. The molecule has 1 N–H and O–H groups in total. The molecule has 0 bridgehead atoms. The van der Waals surface area contributed by atoms with Crippen LogP contribution in [0.25, 0.3) is 0 Å². The van der Waals surface area contributed by atoms with Crippen LogP contribution in [-0.4, -0.2) is 24.6 Å². The number of benzene rings is 1. The van der Waals surface area contributed by atoms with Crippen LogP contribution in [0.15, 0.2) is 48.8 Å². The second kappa shape index (κ2) is 8.67. The minimum absolute atomic E-state index is 0.0233. The molecule has 0 radical (unpaired) electrons. The minimum atomic E-state index is 0.0233. The van der Waals surface area contributed by atoms with Crippen LogP contribution in [0.3, 0.4) is 0 Å². The lowest BCUT2D eigenvalue weighted by Gasteiger charge is -2.08. The van der Waals surface area contributed by atoms with Gasteiger partial charge < -0.3 is 14.8 Å². The molecule has 0 aliphatic rings. The summed E-state index contributed by atoms with van der Waals surface area (Å²) in [7, 11) is 1.63. The van der Waals surface area contributed by atoms with Gasteiger partial charge in [-0.25, -0.2) is 0 Å². The Bertz CT molecular complexity index is 570. The molecule has 0 spiro atoms. The number of rotatable bonds is 8. The fourth-order valence-electron chi connectivity index (χ4n) is 1.88. The summed E-state index contributed by atoms with van der Waals surface area (Å²) in [6.45, 7) is 1.04. The van der Waals surface area contributed by atoms with Crippen molar-refractivity contribution in [2.24, 2.45) is 0 Å². The quantitative estimate of drug-likeness (QED) is 0.761. The van der Waals surface area contributed by atoms with E-state index in [0.29, 0.717) is 26.0 Å². The van der Waals surface area contributed by atoms with Gasteiger partial charge in [0, 0.05) is 25.4 Å². The van der Waals surface area contributed by atoms with E-state index in [2.05, 4.69) is 10.3 Å². The van der Waals surface area contributed by atoms with E-state index in [4.69, 9.17) is 9.47 Å². The summed E-state index contributed by atoms with van der Waals surface area (Å²) >= 11 is 0. The number of methoxy groups -OCH3 is 1. The van der Waals surface area contributed by atoms with Gasteiger partial charge in [-0.05, 0) is 48.4 Å². The van der Waals surface area contributed by atoms with Crippen molar-refractivity contribution < 1.29 is 14.3 Å². The van der Waals surface area contributed by atoms with Crippen molar-refractivity contribution in [3.05, 3.63) is 54.4 Å². The number of amides is 1. The topological polar surface area (TPSA) is 60.5 Å². The number of nitrogens with zero attached hydrogens (tertiary/aromatic N) is 1. The van der Waals surface area contributed by atoms with E-state index in [1.165, 1.54) is 0 Å². The molecule has 0 aliphatic heterocycles. The standard InChI is InChI=1S/C17H20N2O3/c1-21-15-4-6-16(7-5-15)22-12-2-3-17(20)19-13-14-8-10-18-11-9-14/h4-11H,2-3,12-13H2,1H3,(H,19,20). The maximum atomic E-state index is 11.7. The van der Waals surface area contributed by atoms with Crippen molar-refractivity contribution in [3.63, 3.8) is 0 Å². The molecule has 0 atom stereocenters. The molecule has 0 unspecified atom stereocenters. The van der Waals surface area contributed by atoms with Gasteiger partial charge in [0.15, 0.2) is 0 Å². The highest BCUT2D eigenvalue weighted by Gasteiger charge is 2.02. The summed E-state index contributed by atoms with van der Waals surface area (Å²) in [6.07, 6.45) is 4.55. The van der Waals surface area contributed by atoms with E-state index < -0.39 is 0 Å². The molecule has 0 fully saturated rings. The number of hydrogen-bond acceptors (Lipinski definition) is 4. The molecule has 2 rings (SSSR count). The zero-order chi connectivity index (χ0) is 15.6. The third-order valence-corrected chi connectivity index (χ3v) is 3.12. The zero-order valence-electron chi connectivity index (χ0n) is 12.6. The Morgan fingerprint density at radius 3 is 2.45 bits per heavy atom. The van der Waals surface area contributed by atoms with Crippen LogP contribution in [0.1, 0.15) is 18.4 Å². The van der Waals surface area contributed by atoms with Crippen LogP contribution in [-0.2, 0) is 11.3 Å². The summed E-state index contributed by atoms with van der Waals surface area (Å²) in [5.74, 6) is 1.59. The molecule has 0 saturated heterocycles. The summed E-state index contributed by atoms with van der Waals surface area (Å²) in [6, 6.07) is 11.2. The van der Waals surface area contributed by atoms with Gasteiger partial charge in [0.25, 0.3) is 0 Å². The molecule has 0 aliphatic carbocycles. The van der Waals surface area contributed by atoms with Gasteiger partial charge in [-0.2, -0.15) is 0 Å². The number of aromatic nitrogens is 1. The van der Waals surface area contributed by atoms with Crippen LogP contribution in [0.2, 0.25) is 0 Å². The normalized spacial score (nSPS) is 10.0. The highest BCUT2D eigenvalue weighted by molar-refractivity contribution is 5.75. The molecule has 2 aromatic rings. The van der Waals surface area contributed by atoms with Crippen LogP contribution >= 0.6 is 0 Å². The monoisotopic (exact) mass is 300 g/mol. The molecular weight excluding hydrogens is 280 g/mol. The van der Waals surface area contributed by atoms with Gasteiger partial charge in [-0.15, -0.1) is 0 Å². The highest BCUT2D eigenvalue weighted by atomic mass is 16.5. The molecule has 1 heterocycles. The van der Waals surface area contributed by atoms with Crippen molar-refractivity contribution in [3.8, 4) is 11.5 Å². The number of pyridine rings is 1. The Balaban J connectivity index is 1.60. The van der Waals surface area contributed by atoms with E-state index in [1.807, 2.05) is 36.4 Å². The molecule has 0 saturated carbocycles. The van der Waals surface area contributed by atoms with Gasteiger partial charge >= 0.3 is 0 Å². The average molecular weight is 300 g/mol. The minimum Gasteiger partial charge on any atom is -0.497 e. The molecule has 1 aromatic carbocycles. The molecule has 1 amide bonds. The Morgan fingerprint density at radius 1 is 1.09 bits per heavy atom. The molecule has 5 nitrogen and oxygen atoms in total. The molecule has 1 aromatic heterocycles. The summed E-state index contributed by atoms with van der Waals surface area (Å²) in [4.78, 5) is 15.6. The lowest BCUT2D eigenvalue weighted by Crippen LogP contribution is -2.22. The van der Waals surface area contributed by atoms with E-state index in [1.54, 1.807) is 19.5 Å². The third-order valence-electron chi connectivity index (χ3n) is 3.12. The lowest BCUT2D eigenvalue weighted by molar-refractivity contribution is -0.121. The second-order valence-corrected chi connectivity index (χ2v) is 4.76. The number of ether oxygens (including phenoxy) is 2. The van der Waals surface area contributed by atoms with Gasteiger partial charge in [0.05, 0.1) is 13.7 Å². The van der Waals surface area contributed by atoms with Gasteiger partial charge in [-0.3, -0.25) is 9.78 Å². The van der Waals surface area contributed by atoms with E-state index >= 15 is 0 Å². The predicted molar refractivity (Wildman–Crippen MR) is 83.8 cm³/mol. The van der Waals surface area contributed by atoms with E-state index in [9.17, 15) is 4.79 Å². The van der Waals surface area contributed by atoms with E-state index in [-0.39, 0.29) is 5.91 Å². The smallest absolute Gasteiger partial charge is 0.220 e. The lowest BCUT2D eigenvalue weighted by atomic mass is 10.2. The van der Waals surface area contributed by atoms with Crippen LogP contribution in [0.4, 0.5) is 0 Å². The summed E-state index contributed by atoms with van der Waals surface area (Å²) in [5.41, 5.74) is 1.04. The first-order valence-corrected chi connectivity index (χ1v) is 7.20. The Morgan fingerprint density at radius 2 is 1.77 bits per heavy atom. The number of nitrogens with one attached hydrogen (secondary N) is 1. The Hall–Kier alpha value is -2.56. The van der Waals surface area contributed by atoms with Crippen molar-refractivity contribution in [1.82, 2.24) is 10.3 Å². The molecular formula is C17H20N2O3. The van der Waals surface area contributed by atoms with Crippen molar-refractivity contribution >= 4 is 5.91 Å². The van der Waals surface area contributed by atoms with Crippen molar-refractivity contribution in [2.75, 3.05) is 13.7 Å². The maximum Gasteiger partial charge on any atom is 0.220 e. The van der Waals surface area contributed by atoms with Gasteiger partial charge in [-0.1, -0.05) is 0 Å². The number of carbonyl (C=O) groups excluding carboxylic acids is 1. The van der Waals surface area contributed by atoms with Crippen LogP contribution in [0, 0.1) is 0 Å². The molecule has 116 valence electrons. The first-order valence-electron chi connectivity index (χ1n) is 7.20. The van der Waals surface area contributed by atoms with Crippen molar-refractivity contribution in [1.29, 1.82) is 0 Å². The summed E-state index contributed by atoms with van der Waals surface area (Å²) < 4.78 is 10.7. The Kier molecular flexibility index (Phi) is 6.23. The molecule has 22 heavy (non-hydrogen) atoms. The van der Waals surface area contributed by atoms with Crippen LogP contribution < -0.4 is 14.8 Å². The van der Waals surface area contributed by atoms with Gasteiger partial charge in [0.1, 0.15) is 11.5 Å². The average Bonchev–Trinajstić information content (AvgIpc) is 2.58. The largest absolute Gasteiger partial charge is 0.497 e. The first kappa shape index (κ1) is 15.8. The van der Waals surface area contributed by atoms with Gasteiger partial charge in [0.2, 0.25) is 5.91 Å². The summed E-state index contributed by atoms with van der Waals surface area (Å²) in [5, 5.41) is 2.87. The number of carbonyl (C=O) groups is 1. The molecule has 5 heteroatoms. The highest BCUT2D eigenvalue weighted by Crippen LogP contribution is 2.17. The van der Waals surface area contributed by atoms with E-state index in [0.717, 1.165) is 17.1 Å². The first-order chi connectivity index (χ1) is 10.8. The zero-order valence-corrected chi connectivity index (χ0v) is 12.6. The van der Waals surface area contributed by atoms with Crippen LogP contribution in [0.5, 0.6) is 11.5 Å². The fraction of sp³-hybridized carbons (Fsp3) is 0.294. The SMILES string of the molecule is COc1ccc(OCCCC(=O)NCc2ccncc2)cc1. The van der Waals surface area contributed by atoms with Crippen molar-refractivity contribution in [2.45, 2.75) is 19.4 Å². The maximum absolute atomic E-state index is 11.7. The second-order valence-electron chi connectivity index (χ2n) is 4.76. The number of hydrogen-bond donors (Lipinski definition) is 1.